The first-order chi connectivity index (χ1) is 8.85. The lowest BCUT2D eigenvalue weighted by Crippen LogP contribution is -2.15. The van der Waals surface area contributed by atoms with Gasteiger partial charge in [-0.3, -0.25) is 0 Å². The molecule has 0 radical (unpaired) electrons. The molecule has 2 N–H and O–H groups in total. The molecular weight excluding hydrogens is 226 g/mol. The van der Waals surface area contributed by atoms with Crippen LogP contribution < -0.4 is 10.1 Å². The van der Waals surface area contributed by atoms with Crippen molar-refractivity contribution in [1.82, 2.24) is 15.3 Å². The van der Waals surface area contributed by atoms with Gasteiger partial charge in [-0.15, -0.1) is 0 Å². The highest BCUT2D eigenvalue weighted by molar-refractivity contribution is 5.57. The van der Waals surface area contributed by atoms with Gasteiger partial charge in [-0.05, 0) is 25.0 Å². The Morgan fingerprint density at radius 2 is 2.33 bits per heavy atom. The van der Waals surface area contributed by atoms with E-state index < -0.39 is 0 Å². The number of nitrogens with one attached hydrogen (secondary N) is 2. The van der Waals surface area contributed by atoms with Crippen LogP contribution in [0.15, 0.2) is 30.5 Å². The standard InChI is InChI=1S/C14H17N3O/c1-18-13-4-2-3-10(7-13)14-16-9-12(17-14)8-15-11-5-6-11/h2-4,7,9,11,15H,5-6,8H2,1H3,(H,16,17). The molecule has 1 aromatic carbocycles. The third kappa shape index (κ3) is 2.54. The minimum Gasteiger partial charge on any atom is -0.497 e. The first-order valence-electron chi connectivity index (χ1n) is 6.27. The molecule has 0 unspecified atom stereocenters. The number of aromatic amines is 1. The summed E-state index contributed by atoms with van der Waals surface area (Å²) in [6.45, 7) is 0.863. The highest BCUT2D eigenvalue weighted by Gasteiger charge is 2.20. The predicted molar refractivity (Wildman–Crippen MR) is 70.4 cm³/mol. The van der Waals surface area contributed by atoms with E-state index in [1.807, 2.05) is 30.5 Å². The molecule has 1 aliphatic carbocycles. The van der Waals surface area contributed by atoms with E-state index in [0.717, 1.165) is 29.4 Å². The summed E-state index contributed by atoms with van der Waals surface area (Å²) in [7, 11) is 1.67. The topological polar surface area (TPSA) is 49.9 Å². The molecule has 4 nitrogen and oxygen atoms in total. The first-order valence-corrected chi connectivity index (χ1v) is 6.27. The SMILES string of the molecule is COc1cccc(-c2ncc(CNC3CC3)[nH]2)c1. The Labute approximate surface area is 106 Å². The van der Waals surface area contributed by atoms with Crippen molar-refractivity contribution in [3.05, 3.63) is 36.2 Å². The maximum absolute atomic E-state index is 5.22. The van der Waals surface area contributed by atoms with Crippen molar-refractivity contribution in [3.8, 4) is 17.1 Å². The monoisotopic (exact) mass is 243 g/mol. The van der Waals surface area contributed by atoms with Gasteiger partial charge in [0.2, 0.25) is 0 Å². The zero-order valence-electron chi connectivity index (χ0n) is 10.4. The molecule has 0 aliphatic heterocycles. The molecule has 3 rings (SSSR count). The molecule has 94 valence electrons. The first kappa shape index (κ1) is 11.3. The van der Waals surface area contributed by atoms with Crippen LogP contribution in [0, 0.1) is 0 Å². The zero-order valence-corrected chi connectivity index (χ0v) is 10.4. The highest BCUT2D eigenvalue weighted by atomic mass is 16.5. The lowest BCUT2D eigenvalue weighted by molar-refractivity contribution is 0.415. The number of methoxy groups -OCH3 is 1. The molecule has 0 saturated heterocycles. The minimum absolute atomic E-state index is 0.716. The van der Waals surface area contributed by atoms with E-state index >= 15 is 0 Å². The molecule has 1 fully saturated rings. The number of ether oxygens (including phenoxy) is 1. The van der Waals surface area contributed by atoms with Gasteiger partial charge in [-0.1, -0.05) is 12.1 Å². The van der Waals surface area contributed by atoms with Crippen molar-refractivity contribution in [2.45, 2.75) is 25.4 Å². The molecule has 1 aromatic heterocycles. The Kier molecular flexibility index (Phi) is 3.02. The van der Waals surface area contributed by atoms with Crippen molar-refractivity contribution in [2.24, 2.45) is 0 Å². The normalized spacial score (nSPS) is 14.7. The number of imidazole rings is 1. The lowest BCUT2D eigenvalue weighted by Gasteiger charge is -2.02. The quantitative estimate of drug-likeness (QED) is 0.847. The van der Waals surface area contributed by atoms with Crippen LogP contribution in [-0.4, -0.2) is 23.1 Å². The van der Waals surface area contributed by atoms with Gasteiger partial charge in [0, 0.05) is 30.0 Å². The fourth-order valence-corrected chi connectivity index (χ4v) is 1.91. The number of nitrogens with zero attached hydrogens (tertiary/aromatic N) is 1. The Morgan fingerprint density at radius 3 is 3.11 bits per heavy atom. The van der Waals surface area contributed by atoms with Crippen LogP contribution in [-0.2, 0) is 6.54 Å². The highest BCUT2D eigenvalue weighted by Crippen LogP contribution is 2.22. The lowest BCUT2D eigenvalue weighted by atomic mass is 10.2. The number of benzene rings is 1. The fourth-order valence-electron chi connectivity index (χ4n) is 1.91. The van der Waals surface area contributed by atoms with E-state index in [4.69, 9.17) is 4.74 Å². The van der Waals surface area contributed by atoms with Gasteiger partial charge in [-0.25, -0.2) is 4.98 Å². The van der Waals surface area contributed by atoms with Crippen LogP contribution in [0.4, 0.5) is 0 Å². The van der Waals surface area contributed by atoms with Crippen LogP contribution in [0.3, 0.4) is 0 Å². The van der Waals surface area contributed by atoms with Gasteiger partial charge in [0.25, 0.3) is 0 Å². The van der Waals surface area contributed by atoms with Gasteiger partial charge >= 0.3 is 0 Å². The van der Waals surface area contributed by atoms with E-state index in [0.29, 0.717) is 6.04 Å². The van der Waals surface area contributed by atoms with Crippen molar-refractivity contribution < 1.29 is 4.74 Å². The van der Waals surface area contributed by atoms with Crippen LogP contribution in [0.5, 0.6) is 5.75 Å². The van der Waals surface area contributed by atoms with Gasteiger partial charge < -0.3 is 15.0 Å². The summed E-state index contributed by atoms with van der Waals surface area (Å²) in [4.78, 5) is 7.74. The second-order valence-electron chi connectivity index (χ2n) is 4.64. The maximum Gasteiger partial charge on any atom is 0.137 e. The second-order valence-corrected chi connectivity index (χ2v) is 4.64. The molecule has 0 atom stereocenters. The van der Waals surface area contributed by atoms with Crippen molar-refractivity contribution in [3.63, 3.8) is 0 Å². The van der Waals surface area contributed by atoms with Crippen molar-refractivity contribution >= 4 is 0 Å². The van der Waals surface area contributed by atoms with E-state index in [1.54, 1.807) is 7.11 Å². The molecule has 0 amide bonds. The molecule has 0 spiro atoms. The zero-order chi connectivity index (χ0) is 12.4. The largest absolute Gasteiger partial charge is 0.497 e. The van der Waals surface area contributed by atoms with Crippen LogP contribution in [0.25, 0.3) is 11.4 Å². The Hall–Kier alpha value is -1.81. The molecular formula is C14H17N3O. The number of hydrogen-bond donors (Lipinski definition) is 2. The van der Waals surface area contributed by atoms with E-state index in [-0.39, 0.29) is 0 Å². The van der Waals surface area contributed by atoms with Crippen molar-refractivity contribution in [2.75, 3.05) is 7.11 Å². The predicted octanol–water partition coefficient (Wildman–Crippen LogP) is 2.34. The summed E-state index contributed by atoms with van der Waals surface area (Å²) in [5.41, 5.74) is 2.17. The molecule has 4 heteroatoms. The van der Waals surface area contributed by atoms with Crippen LogP contribution in [0.2, 0.25) is 0 Å². The van der Waals surface area contributed by atoms with Gasteiger partial charge in [0.15, 0.2) is 0 Å². The molecule has 18 heavy (non-hydrogen) atoms. The van der Waals surface area contributed by atoms with Crippen molar-refractivity contribution in [1.29, 1.82) is 0 Å². The smallest absolute Gasteiger partial charge is 0.137 e. The summed E-state index contributed by atoms with van der Waals surface area (Å²) in [6.07, 6.45) is 4.50. The van der Waals surface area contributed by atoms with Gasteiger partial charge in [0.1, 0.15) is 11.6 Å². The summed E-state index contributed by atoms with van der Waals surface area (Å²) >= 11 is 0. The van der Waals surface area contributed by atoms with Crippen LogP contribution >= 0.6 is 0 Å². The third-order valence-electron chi connectivity index (χ3n) is 3.13. The number of rotatable bonds is 5. The van der Waals surface area contributed by atoms with Crippen LogP contribution in [0.1, 0.15) is 18.5 Å². The summed E-state index contributed by atoms with van der Waals surface area (Å²) < 4.78 is 5.22. The average molecular weight is 243 g/mol. The Balaban J connectivity index is 1.74. The summed E-state index contributed by atoms with van der Waals surface area (Å²) in [5, 5.41) is 3.46. The van der Waals surface area contributed by atoms with E-state index in [2.05, 4.69) is 15.3 Å². The Bertz CT molecular complexity index is 531. The van der Waals surface area contributed by atoms with E-state index in [1.165, 1.54) is 12.8 Å². The molecule has 1 aliphatic rings. The maximum atomic E-state index is 5.22. The number of H-pyrrole nitrogens is 1. The number of aromatic nitrogens is 2. The average Bonchev–Trinajstić information content (AvgIpc) is 3.13. The molecule has 0 bridgehead atoms. The Morgan fingerprint density at radius 1 is 1.44 bits per heavy atom. The van der Waals surface area contributed by atoms with Gasteiger partial charge in [0.05, 0.1) is 7.11 Å². The molecule has 2 aromatic rings. The van der Waals surface area contributed by atoms with Gasteiger partial charge in [-0.2, -0.15) is 0 Å². The third-order valence-corrected chi connectivity index (χ3v) is 3.13. The molecule has 1 saturated carbocycles. The minimum atomic E-state index is 0.716. The molecule has 1 heterocycles. The second kappa shape index (κ2) is 4.82. The summed E-state index contributed by atoms with van der Waals surface area (Å²) in [5.74, 6) is 1.74. The van der Waals surface area contributed by atoms with E-state index in [9.17, 15) is 0 Å². The fraction of sp³-hybridized carbons (Fsp3) is 0.357. The number of hydrogen-bond acceptors (Lipinski definition) is 3. The summed E-state index contributed by atoms with van der Waals surface area (Å²) in [6, 6.07) is 8.63.